The number of amides is 1. The Morgan fingerprint density at radius 1 is 1.17 bits per heavy atom. The lowest BCUT2D eigenvalue weighted by Gasteiger charge is -2.31. The van der Waals surface area contributed by atoms with E-state index in [4.69, 9.17) is 4.52 Å². The summed E-state index contributed by atoms with van der Waals surface area (Å²) in [6.45, 7) is 4.91. The van der Waals surface area contributed by atoms with Crippen LogP contribution in [0.1, 0.15) is 55.2 Å². The average Bonchev–Trinajstić information content (AvgIpc) is 3.19. The van der Waals surface area contributed by atoms with Crippen molar-refractivity contribution in [1.29, 1.82) is 0 Å². The number of fused-ring (bicyclic) bond motifs is 1. The van der Waals surface area contributed by atoms with Crippen molar-refractivity contribution in [1.82, 2.24) is 29.5 Å². The number of aryl methyl sites for hydroxylation is 3. The third-order valence-electron chi connectivity index (χ3n) is 5.93. The van der Waals surface area contributed by atoms with Gasteiger partial charge in [-0.2, -0.15) is 4.31 Å². The minimum atomic E-state index is -3.75. The molecular formula is C19H28N6O4S. The van der Waals surface area contributed by atoms with Crippen molar-refractivity contribution in [3.05, 3.63) is 23.1 Å². The van der Waals surface area contributed by atoms with Gasteiger partial charge in [0.1, 0.15) is 16.4 Å². The monoisotopic (exact) mass is 436 g/mol. The Morgan fingerprint density at radius 2 is 2.00 bits per heavy atom. The molecule has 0 saturated carbocycles. The minimum Gasteiger partial charge on any atom is -0.360 e. The number of piperidine rings is 1. The summed E-state index contributed by atoms with van der Waals surface area (Å²) in [6.07, 6.45) is 5.56. The van der Waals surface area contributed by atoms with Crippen LogP contribution >= 0.6 is 0 Å². The van der Waals surface area contributed by atoms with Crippen LogP contribution in [0.25, 0.3) is 0 Å². The van der Waals surface area contributed by atoms with E-state index in [0.29, 0.717) is 31.6 Å². The van der Waals surface area contributed by atoms with Gasteiger partial charge in [0.05, 0.1) is 12.5 Å². The number of aromatic nitrogens is 4. The zero-order chi connectivity index (χ0) is 21.3. The molecule has 1 fully saturated rings. The van der Waals surface area contributed by atoms with Gasteiger partial charge in [-0.25, -0.2) is 8.42 Å². The molecule has 1 saturated heterocycles. The lowest BCUT2D eigenvalue weighted by molar-refractivity contribution is -0.126. The van der Waals surface area contributed by atoms with Crippen molar-refractivity contribution in [2.45, 2.75) is 70.4 Å². The molecule has 0 spiro atoms. The molecule has 0 aromatic carbocycles. The first-order valence-electron chi connectivity index (χ1n) is 10.5. The zero-order valence-corrected chi connectivity index (χ0v) is 18.2. The fourth-order valence-electron chi connectivity index (χ4n) is 4.33. The van der Waals surface area contributed by atoms with E-state index in [0.717, 1.165) is 37.5 Å². The van der Waals surface area contributed by atoms with Gasteiger partial charge in [-0.1, -0.05) is 11.6 Å². The Bertz CT molecular complexity index is 1010. The van der Waals surface area contributed by atoms with Gasteiger partial charge in [0.2, 0.25) is 15.9 Å². The van der Waals surface area contributed by atoms with Gasteiger partial charge in [-0.15, -0.1) is 10.2 Å². The van der Waals surface area contributed by atoms with Gasteiger partial charge < -0.3 is 14.4 Å². The van der Waals surface area contributed by atoms with Crippen molar-refractivity contribution in [2.75, 3.05) is 13.1 Å². The summed E-state index contributed by atoms with van der Waals surface area (Å²) in [5.41, 5.74) is 0.339. The standard InChI is InChI=1S/C19H28N6O4S/c1-13-18(14(2)29-23-13)30(27,28)24-9-6-7-15(12-24)19(26)20-11-17-22-21-16-8-4-3-5-10-25(16)17/h15H,3-12H2,1-2H3,(H,20,26). The third kappa shape index (κ3) is 4.00. The summed E-state index contributed by atoms with van der Waals surface area (Å²) in [7, 11) is -3.75. The second-order valence-electron chi connectivity index (χ2n) is 8.07. The Morgan fingerprint density at radius 3 is 2.77 bits per heavy atom. The first kappa shape index (κ1) is 21.0. The zero-order valence-electron chi connectivity index (χ0n) is 17.4. The van der Waals surface area contributed by atoms with E-state index in [1.54, 1.807) is 13.8 Å². The van der Waals surface area contributed by atoms with E-state index in [2.05, 4.69) is 25.2 Å². The smallest absolute Gasteiger partial charge is 0.248 e. The van der Waals surface area contributed by atoms with Crippen molar-refractivity contribution in [3.63, 3.8) is 0 Å². The van der Waals surface area contributed by atoms with Crippen LogP contribution in [0.4, 0.5) is 0 Å². The Hall–Kier alpha value is -2.27. The molecule has 1 amide bonds. The van der Waals surface area contributed by atoms with Crippen LogP contribution in [0.5, 0.6) is 0 Å². The number of hydrogen-bond donors (Lipinski definition) is 1. The number of carbonyl (C=O) groups is 1. The SMILES string of the molecule is Cc1noc(C)c1S(=O)(=O)N1CCCC(C(=O)NCc2nnc3n2CCCCC3)C1. The van der Waals surface area contributed by atoms with E-state index in [-0.39, 0.29) is 23.1 Å². The van der Waals surface area contributed by atoms with E-state index in [1.165, 1.54) is 10.7 Å². The lowest BCUT2D eigenvalue weighted by atomic mass is 9.99. The van der Waals surface area contributed by atoms with Gasteiger partial charge >= 0.3 is 0 Å². The highest BCUT2D eigenvalue weighted by Gasteiger charge is 2.36. The van der Waals surface area contributed by atoms with Gasteiger partial charge in [0.25, 0.3) is 0 Å². The Labute approximate surface area is 176 Å². The number of nitrogens with one attached hydrogen (secondary N) is 1. The molecule has 30 heavy (non-hydrogen) atoms. The fourth-order valence-corrected chi connectivity index (χ4v) is 6.15. The highest BCUT2D eigenvalue weighted by molar-refractivity contribution is 7.89. The predicted octanol–water partition coefficient (Wildman–Crippen LogP) is 1.33. The van der Waals surface area contributed by atoms with Crippen molar-refractivity contribution in [3.8, 4) is 0 Å². The predicted molar refractivity (Wildman–Crippen MR) is 107 cm³/mol. The molecule has 0 radical (unpaired) electrons. The summed E-state index contributed by atoms with van der Waals surface area (Å²) in [5.74, 6) is 1.45. The largest absolute Gasteiger partial charge is 0.360 e. The highest BCUT2D eigenvalue weighted by Crippen LogP contribution is 2.27. The molecule has 2 aromatic rings. The molecule has 4 rings (SSSR count). The molecule has 2 aliphatic heterocycles. The normalized spacial score (nSPS) is 20.5. The van der Waals surface area contributed by atoms with Gasteiger partial charge in [0.15, 0.2) is 11.6 Å². The van der Waals surface area contributed by atoms with Crippen LogP contribution < -0.4 is 5.32 Å². The first-order chi connectivity index (χ1) is 14.4. The second-order valence-corrected chi connectivity index (χ2v) is 9.94. The topological polar surface area (TPSA) is 123 Å². The summed E-state index contributed by atoms with van der Waals surface area (Å²) in [5, 5.41) is 15.2. The van der Waals surface area contributed by atoms with Crippen LogP contribution in [0.15, 0.2) is 9.42 Å². The summed E-state index contributed by atoms with van der Waals surface area (Å²) < 4.78 is 34.6. The molecule has 11 heteroatoms. The summed E-state index contributed by atoms with van der Waals surface area (Å²) in [4.78, 5) is 12.9. The number of nitrogens with zero attached hydrogens (tertiary/aromatic N) is 5. The molecule has 0 bridgehead atoms. The average molecular weight is 437 g/mol. The Balaban J connectivity index is 1.41. The lowest BCUT2D eigenvalue weighted by Crippen LogP contribution is -2.45. The fraction of sp³-hybridized carbons (Fsp3) is 0.684. The van der Waals surface area contributed by atoms with E-state index >= 15 is 0 Å². The molecule has 2 aliphatic rings. The van der Waals surface area contributed by atoms with Crippen LogP contribution in [0.2, 0.25) is 0 Å². The van der Waals surface area contributed by atoms with E-state index in [9.17, 15) is 13.2 Å². The molecule has 2 aromatic heterocycles. The van der Waals surface area contributed by atoms with Gasteiger partial charge in [-0.3, -0.25) is 4.79 Å². The minimum absolute atomic E-state index is 0.106. The molecule has 1 N–H and O–H groups in total. The highest BCUT2D eigenvalue weighted by atomic mass is 32.2. The van der Waals surface area contributed by atoms with Crippen molar-refractivity contribution < 1.29 is 17.7 Å². The number of hydrogen-bond acceptors (Lipinski definition) is 7. The molecule has 1 atom stereocenters. The molecule has 4 heterocycles. The van der Waals surface area contributed by atoms with Crippen LogP contribution in [0, 0.1) is 19.8 Å². The van der Waals surface area contributed by atoms with Gasteiger partial charge in [-0.05, 0) is 39.5 Å². The molecule has 164 valence electrons. The first-order valence-corrected chi connectivity index (χ1v) is 11.9. The maximum atomic E-state index is 13.1. The van der Waals surface area contributed by atoms with Crippen molar-refractivity contribution >= 4 is 15.9 Å². The molecular weight excluding hydrogens is 408 g/mol. The molecule has 0 aliphatic carbocycles. The second kappa shape index (κ2) is 8.46. The Kier molecular flexibility index (Phi) is 5.92. The maximum absolute atomic E-state index is 13.1. The quantitative estimate of drug-likeness (QED) is 0.750. The molecule has 10 nitrogen and oxygen atoms in total. The summed E-state index contributed by atoms with van der Waals surface area (Å²) >= 11 is 0. The van der Waals surface area contributed by atoms with Crippen LogP contribution in [-0.4, -0.2) is 51.6 Å². The number of sulfonamides is 1. The third-order valence-corrected chi connectivity index (χ3v) is 8.04. The van der Waals surface area contributed by atoms with Crippen molar-refractivity contribution in [2.24, 2.45) is 5.92 Å². The number of carbonyl (C=O) groups excluding carboxylic acids is 1. The maximum Gasteiger partial charge on any atom is 0.248 e. The van der Waals surface area contributed by atoms with Gasteiger partial charge in [0, 0.05) is 26.1 Å². The van der Waals surface area contributed by atoms with E-state index in [1.807, 2.05) is 0 Å². The van der Waals surface area contributed by atoms with Crippen LogP contribution in [0.3, 0.4) is 0 Å². The van der Waals surface area contributed by atoms with E-state index < -0.39 is 15.9 Å². The summed E-state index contributed by atoms with van der Waals surface area (Å²) in [6, 6.07) is 0. The molecule has 1 unspecified atom stereocenters. The number of rotatable bonds is 5. The van der Waals surface area contributed by atoms with Crippen LogP contribution in [-0.2, 0) is 34.3 Å².